The molecule has 3 fully saturated rings. The molecule has 3 aliphatic rings. The minimum absolute atomic E-state index is 0.00131. The highest BCUT2D eigenvalue weighted by Crippen LogP contribution is 2.37. The molecule has 0 spiro atoms. The summed E-state index contributed by atoms with van der Waals surface area (Å²) in [5.74, 6) is -6.35. The van der Waals surface area contributed by atoms with E-state index < -0.39 is 147 Å². The zero-order chi connectivity index (χ0) is 49.9. The summed E-state index contributed by atoms with van der Waals surface area (Å²) in [4.78, 5) is 92.2. The summed E-state index contributed by atoms with van der Waals surface area (Å²) in [6.45, 7) is 4.08. The Bertz CT molecular complexity index is 2250. The molecule has 15 atom stereocenters. The number of aliphatic hydroxyl groups excluding tert-OH is 3. The molecule has 3 aromatic rings. The first-order chi connectivity index (χ1) is 32.9. The van der Waals surface area contributed by atoms with E-state index >= 15 is 0 Å². The summed E-state index contributed by atoms with van der Waals surface area (Å²) in [5.41, 5.74) is 0.132. The maximum absolute atomic E-state index is 14.1. The van der Waals surface area contributed by atoms with Crippen LogP contribution in [0.2, 0.25) is 0 Å². The molecule has 3 aliphatic heterocycles. The van der Waals surface area contributed by atoms with Crippen LogP contribution in [0, 0.1) is 0 Å². The van der Waals surface area contributed by atoms with Crippen LogP contribution in [-0.4, -0.2) is 162 Å². The average Bonchev–Trinajstić information content (AvgIpc) is 3.32. The first-order valence-corrected chi connectivity index (χ1v) is 21.7. The fourth-order valence-corrected chi connectivity index (χ4v) is 7.87. The van der Waals surface area contributed by atoms with Crippen LogP contribution in [0.4, 0.5) is 0 Å². The predicted molar refractivity (Wildman–Crippen MR) is 229 cm³/mol. The summed E-state index contributed by atoms with van der Waals surface area (Å²) in [7, 11) is 0. The molecule has 0 radical (unpaired) electrons. The number of aliphatic hydroxyl groups is 3. The predicted octanol–water partition coefficient (Wildman–Crippen LogP) is 0.905. The average molecular weight is 968 g/mol. The Hall–Kier alpha value is -6.37. The number of nitrogens with one attached hydrogen (secondary N) is 1. The third-order valence-electron chi connectivity index (χ3n) is 11.0. The van der Waals surface area contributed by atoms with Gasteiger partial charge >= 0.3 is 35.8 Å². The van der Waals surface area contributed by atoms with E-state index in [1.807, 2.05) is 0 Å². The SMILES string of the molecule is CC(=O)N[C@@H]1[C@@H](OC2O[C@H](COC(C)=O)[C@H](OC(C)=O)[C@H](OC(C)=O)[C@H]2O[C@@H]2O[C@@H](C)[C@@H](OC(=O)c3ccccc3)[C@@H](OC(=O)c3ccccc3)[C@@H]2OC(=O)c2ccccc2)[C@H](O)[C@@H](CO)O[C@H]1O. The number of rotatable bonds is 16. The van der Waals surface area contributed by atoms with Crippen molar-refractivity contribution in [2.75, 3.05) is 13.2 Å². The standard InChI is InChI=1S/C47H53NO21/c1-23-35(65-42(55)28-15-9-6-10-16-28)38(66-43(56)29-17-11-7-12-18-29)40(67-44(57)30-19-13-8-14-20-30)46(60-23)69-41-39(62-27(5)53)36(61-26(4)52)32(22-59-25(3)51)64-47(41)68-37-33(48-24(2)50)45(58)63-31(21-49)34(37)54/h6-20,23,31-41,45-47,49,54,58H,21-22H2,1-5H3,(H,48,50)/t23-,31+,32+,33+,34+,35+,36-,37+,38+,39-,40-,41+,45+,46-,47?/m0/s1. The Morgan fingerprint density at radius 3 is 1.45 bits per heavy atom. The molecule has 6 rings (SSSR count). The lowest BCUT2D eigenvalue weighted by Crippen LogP contribution is -2.69. The lowest BCUT2D eigenvalue weighted by atomic mass is 9.94. The topological polar surface area (TPSA) is 294 Å². The summed E-state index contributed by atoms with van der Waals surface area (Å²) >= 11 is 0. The smallest absolute Gasteiger partial charge is 0.338 e. The quantitative estimate of drug-likeness (QED) is 0.115. The number of carbonyl (C=O) groups excluding carboxylic acids is 7. The van der Waals surface area contributed by atoms with Crippen molar-refractivity contribution in [3.05, 3.63) is 108 Å². The lowest BCUT2D eigenvalue weighted by Gasteiger charge is -2.50. The first kappa shape index (κ1) is 52.0. The van der Waals surface area contributed by atoms with E-state index in [0.29, 0.717) is 0 Å². The second-order valence-corrected chi connectivity index (χ2v) is 16.1. The number of amides is 1. The van der Waals surface area contributed by atoms with E-state index in [1.165, 1.54) is 43.3 Å². The summed E-state index contributed by atoms with van der Waals surface area (Å²) < 4.78 is 65.8. The highest BCUT2D eigenvalue weighted by Gasteiger charge is 2.59. The van der Waals surface area contributed by atoms with Crippen LogP contribution < -0.4 is 5.32 Å². The van der Waals surface area contributed by atoms with Gasteiger partial charge in [-0.1, -0.05) is 54.6 Å². The van der Waals surface area contributed by atoms with Crippen molar-refractivity contribution in [2.45, 2.75) is 127 Å². The van der Waals surface area contributed by atoms with Gasteiger partial charge in [-0.25, -0.2) is 14.4 Å². The molecule has 22 nitrogen and oxygen atoms in total. The molecule has 3 aromatic carbocycles. The van der Waals surface area contributed by atoms with Gasteiger partial charge in [-0.15, -0.1) is 0 Å². The van der Waals surface area contributed by atoms with E-state index in [4.69, 9.17) is 52.1 Å². The van der Waals surface area contributed by atoms with Crippen molar-refractivity contribution in [1.29, 1.82) is 0 Å². The molecule has 3 heterocycles. The summed E-state index contributed by atoms with van der Waals surface area (Å²) in [5, 5.41) is 35.0. The molecule has 1 amide bonds. The van der Waals surface area contributed by atoms with Gasteiger partial charge in [-0.05, 0) is 43.3 Å². The lowest BCUT2D eigenvalue weighted by molar-refractivity contribution is -0.379. The van der Waals surface area contributed by atoms with Gasteiger partial charge in [0.2, 0.25) is 5.91 Å². The van der Waals surface area contributed by atoms with Crippen LogP contribution in [-0.2, 0) is 71.3 Å². The Balaban J connectivity index is 1.50. The van der Waals surface area contributed by atoms with E-state index in [9.17, 15) is 48.9 Å². The zero-order valence-electron chi connectivity index (χ0n) is 37.9. The molecule has 0 aromatic heterocycles. The van der Waals surface area contributed by atoms with Gasteiger partial charge in [-0.2, -0.15) is 0 Å². The van der Waals surface area contributed by atoms with Crippen molar-refractivity contribution in [1.82, 2.24) is 5.32 Å². The molecule has 3 saturated heterocycles. The van der Waals surface area contributed by atoms with Crippen LogP contribution in [0.5, 0.6) is 0 Å². The van der Waals surface area contributed by atoms with Crippen LogP contribution in [0.25, 0.3) is 0 Å². The van der Waals surface area contributed by atoms with E-state index in [1.54, 1.807) is 54.6 Å². The van der Waals surface area contributed by atoms with E-state index in [-0.39, 0.29) is 16.7 Å². The van der Waals surface area contributed by atoms with Gasteiger partial charge in [0.1, 0.15) is 37.1 Å². The zero-order valence-corrected chi connectivity index (χ0v) is 37.9. The van der Waals surface area contributed by atoms with Crippen molar-refractivity contribution in [3.63, 3.8) is 0 Å². The third-order valence-corrected chi connectivity index (χ3v) is 11.0. The minimum atomic E-state index is -2.01. The molecular formula is C47H53NO21. The van der Waals surface area contributed by atoms with Crippen LogP contribution >= 0.6 is 0 Å². The largest absolute Gasteiger partial charge is 0.463 e. The minimum Gasteiger partial charge on any atom is -0.463 e. The van der Waals surface area contributed by atoms with E-state index in [2.05, 4.69) is 5.32 Å². The molecular weight excluding hydrogens is 915 g/mol. The molecule has 4 N–H and O–H groups in total. The fourth-order valence-electron chi connectivity index (χ4n) is 7.87. The number of hydrogen-bond acceptors (Lipinski definition) is 21. The molecule has 0 bridgehead atoms. The van der Waals surface area contributed by atoms with Crippen molar-refractivity contribution >= 4 is 41.7 Å². The maximum Gasteiger partial charge on any atom is 0.338 e. The second-order valence-electron chi connectivity index (χ2n) is 16.1. The Morgan fingerprint density at radius 1 is 0.522 bits per heavy atom. The summed E-state index contributed by atoms with van der Waals surface area (Å²) in [6.07, 6.45) is -24.6. The highest BCUT2D eigenvalue weighted by atomic mass is 16.8. The number of hydrogen-bond donors (Lipinski definition) is 4. The highest BCUT2D eigenvalue weighted by molar-refractivity contribution is 5.91. The van der Waals surface area contributed by atoms with E-state index in [0.717, 1.165) is 27.7 Å². The van der Waals surface area contributed by atoms with Crippen molar-refractivity contribution in [2.24, 2.45) is 0 Å². The number of carbonyl (C=O) groups is 7. The van der Waals surface area contributed by atoms with Gasteiger partial charge < -0.3 is 72.7 Å². The molecule has 22 heteroatoms. The Morgan fingerprint density at radius 2 is 0.971 bits per heavy atom. The third kappa shape index (κ3) is 13.2. The van der Waals surface area contributed by atoms with Gasteiger partial charge in [0, 0.05) is 27.7 Å². The molecule has 0 aliphatic carbocycles. The van der Waals surface area contributed by atoms with Crippen LogP contribution in [0.1, 0.15) is 65.7 Å². The number of ether oxygens (including phenoxy) is 11. The number of esters is 6. The van der Waals surface area contributed by atoms with Gasteiger partial charge in [0.05, 0.1) is 29.4 Å². The maximum atomic E-state index is 14.1. The fraction of sp³-hybridized carbons (Fsp3) is 0.468. The first-order valence-electron chi connectivity index (χ1n) is 21.7. The summed E-state index contributed by atoms with van der Waals surface area (Å²) in [6, 6.07) is 21.4. The van der Waals surface area contributed by atoms with Gasteiger partial charge in [0.15, 0.2) is 55.5 Å². The van der Waals surface area contributed by atoms with Gasteiger partial charge in [0.25, 0.3) is 0 Å². The Labute approximate surface area is 394 Å². The van der Waals surface area contributed by atoms with Crippen molar-refractivity contribution < 1.29 is 101 Å². The van der Waals surface area contributed by atoms with Gasteiger partial charge in [-0.3, -0.25) is 19.2 Å². The Kier molecular flexibility index (Phi) is 17.9. The normalized spacial score (nSPS) is 30.9. The number of benzene rings is 3. The molecule has 1 unspecified atom stereocenters. The van der Waals surface area contributed by atoms with Crippen LogP contribution in [0.3, 0.4) is 0 Å². The van der Waals surface area contributed by atoms with Crippen LogP contribution in [0.15, 0.2) is 91.0 Å². The van der Waals surface area contributed by atoms with Crippen molar-refractivity contribution in [3.8, 4) is 0 Å². The second kappa shape index (κ2) is 23.8. The molecule has 372 valence electrons. The molecule has 0 saturated carbocycles. The monoisotopic (exact) mass is 967 g/mol. The molecule has 69 heavy (non-hydrogen) atoms.